The minimum Gasteiger partial charge on any atom is -0.481 e. The first-order valence-corrected chi connectivity index (χ1v) is 7.20. The summed E-state index contributed by atoms with van der Waals surface area (Å²) in [7, 11) is 1.26. The Morgan fingerprint density at radius 1 is 1.21 bits per heavy atom. The van der Waals surface area contributed by atoms with Crippen LogP contribution < -0.4 is 0 Å². The topological polar surface area (TPSA) is 89.9 Å². The van der Waals surface area contributed by atoms with Crippen molar-refractivity contribution < 1.29 is 29.0 Å². The molecule has 0 aromatic rings. The number of carbonyl (C=O) groups is 3. The highest BCUT2D eigenvalue weighted by molar-refractivity contribution is 14.1. The smallest absolute Gasteiger partial charge is 0.321 e. The second kappa shape index (κ2) is 9.99. The van der Waals surface area contributed by atoms with Crippen LogP contribution in [0.2, 0.25) is 0 Å². The minimum absolute atomic E-state index is 0.222. The van der Waals surface area contributed by atoms with Gasteiger partial charge in [0, 0.05) is 10.8 Å². The molecule has 0 radical (unpaired) electrons. The number of alkyl halides is 1. The molecule has 6 nitrogen and oxygen atoms in total. The first-order chi connectivity index (χ1) is 8.58. The molecular formula is C12H21IO6. The number of aliphatic carboxylic acids is 1. The van der Waals surface area contributed by atoms with Crippen LogP contribution in [-0.4, -0.2) is 40.2 Å². The average molecular weight is 388 g/mol. The summed E-state index contributed by atoms with van der Waals surface area (Å²) in [6, 6.07) is 0. The van der Waals surface area contributed by atoms with Gasteiger partial charge < -0.3 is 14.6 Å². The molecule has 0 aliphatic heterocycles. The molecule has 1 atom stereocenters. The average Bonchev–Trinajstić information content (AvgIpc) is 2.27. The van der Waals surface area contributed by atoms with Gasteiger partial charge in [-0.3, -0.25) is 14.4 Å². The molecular weight excluding hydrogens is 367 g/mol. The Kier molecular flexibility index (Phi) is 10.8. The third kappa shape index (κ3) is 11.9. The van der Waals surface area contributed by atoms with Gasteiger partial charge in [0.05, 0.1) is 7.11 Å². The van der Waals surface area contributed by atoms with Crippen LogP contribution in [0.5, 0.6) is 0 Å². The molecule has 0 saturated carbocycles. The lowest BCUT2D eigenvalue weighted by Crippen LogP contribution is -2.34. The van der Waals surface area contributed by atoms with Crippen molar-refractivity contribution in [2.24, 2.45) is 5.92 Å². The zero-order valence-electron chi connectivity index (χ0n) is 11.9. The van der Waals surface area contributed by atoms with Gasteiger partial charge >= 0.3 is 17.9 Å². The molecule has 7 heteroatoms. The van der Waals surface area contributed by atoms with Gasteiger partial charge in [0.25, 0.3) is 0 Å². The number of carbonyl (C=O) groups excluding carboxylic acids is 2. The van der Waals surface area contributed by atoms with Gasteiger partial charge in [0.1, 0.15) is 5.60 Å². The van der Waals surface area contributed by atoms with Gasteiger partial charge in [-0.15, -0.1) is 0 Å². The van der Waals surface area contributed by atoms with Gasteiger partial charge in [0.2, 0.25) is 0 Å². The molecule has 0 unspecified atom stereocenters. The highest BCUT2D eigenvalue weighted by Crippen LogP contribution is 2.14. The zero-order chi connectivity index (χ0) is 15.6. The zero-order valence-corrected chi connectivity index (χ0v) is 14.0. The van der Waals surface area contributed by atoms with Crippen molar-refractivity contribution in [2.75, 3.05) is 11.5 Å². The Bertz CT molecular complexity index is 308. The van der Waals surface area contributed by atoms with Crippen molar-refractivity contribution in [3.63, 3.8) is 0 Å². The minimum atomic E-state index is -0.820. The summed E-state index contributed by atoms with van der Waals surface area (Å²) >= 11 is 1.95. The number of carboxylic acid groups (broad SMARTS) is 1. The number of hydrogen-bond donors (Lipinski definition) is 1. The fourth-order valence-electron chi connectivity index (χ4n) is 0.737. The molecule has 19 heavy (non-hydrogen) atoms. The third-order valence-corrected chi connectivity index (χ3v) is 2.51. The highest BCUT2D eigenvalue weighted by atomic mass is 127. The van der Waals surface area contributed by atoms with Crippen molar-refractivity contribution in [1.82, 2.24) is 0 Å². The summed E-state index contributed by atoms with van der Waals surface area (Å²) in [5, 5.41) is 7.72. The fraction of sp³-hybridized carbons (Fsp3) is 0.750. The lowest BCUT2D eigenvalue weighted by molar-refractivity contribution is -0.166. The third-order valence-electron chi connectivity index (χ3n) is 1.63. The predicted octanol–water partition coefficient (Wildman–Crippen LogP) is 2.03. The van der Waals surface area contributed by atoms with Crippen LogP contribution in [0.3, 0.4) is 0 Å². The first-order valence-electron chi connectivity index (χ1n) is 5.67. The van der Waals surface area contributed by atoms with Crippen LogP contribution in [0.15, 0.2) is 0 Å². The number of halogens is 1. The van der Waals surface area contributed by atoms with Crippen LogP contribution >= 0.6 is 22.6 Å². The van der Waals surface area contributed by atoms with Gasteiger partial charge in [-0.05, 0) is 20.8 Å². The lowest BCUT2D eigenvalue weighted by atomic mass is 10.1. The van der Waals surface area contributed by atoms with Crippen LogP contribution in [0.4, 0.5) is 0 Å². The maximum atomic E-state index is 11.5. The van der Waals surface area contributed by atoms with Crippen molar-refractivity contribution in [3.8, 4) is 0 Å². The van der Waals surface area contributed by atoms with E-state index in [-0.39, 0.29) is 6.42 Å². The molecule has 0 rings (SSSR count). The van der Waals surface area contributed by atoms with Crippen molar-refractivity contribution in [1.29, 1.82) is 0 Å². The van der Waals surface area contributed by atoms with Crippen molar-refractivity contribution in [2.45, 2.75) is 39.7 Å². The van der Waals surface area contributed by atoms with E-state index in [1.807, 2.05) is 22.6 Å². The molecule has 112 valence electrons. The summed E-state index contributed by atoms with van der Waals surface area (Å²) in [4.78, 5) is 32.0. The van der Waals surface area contributed by atoms with Crippen LogP contribution in [0, 0.1) is 5.92 Å². The highest BCUT2D eigenvalue weighted by Gasteiger charge is 2.30. The quantitative estimate of drug-likeness (QED) is 0.343. The monoisotopic (exact) mass is 388 g/mol. The van der Waals surface area contributed by atoms with Gasteiger partial charge in [-0.1, -0.05) is 29.5 Å². The van der Waals surface area contributed by atoms with Crippen molar-refractivity contribution >= 4 is 40.5 Å². The molecule has 0 saturated heterocycles. The van der Waals surface area contributed by atoms with Crippen LogP contribution in [0.25, 0.3) is 0 Å². The second-order valence-corrected chi connectivity index (χ2v) is 5.39. The van der Waals surface area contributed by atoms with E-state index in [0.717, 1.165) is 0 Å². The van der Waals surface area contributed by atoms with Gasteiger partial charge in [0.15, 0.2) is 5.92 Å². The molecule has 0 aromatic carbocycles. The van der Waals surface area contributed by atoms with Gasteiger partial charge in [-0.2, -0.15) is 0 Å². The normalized spacial score (nSPS) is 11.7. The van der Waals surface area contributed by atoms with E-state index in [0.29, 0.717) is 4.43 Å². The van der Waals surface area contributed by atoms with E-state index in [9.17, 15) is 14.4 Å². The lowest BCUT2D eigenvalue weighted by Gasteiger charge is -2.21. The largest absolute Gasteiger partial charge is 0.481 e. The Balaban J connectivity index is 0. The summed E-state index contributed by atoms with van der Waals surface area (Å²) in [6.45, 7) is 6.87. The molecule has 0 aromatic heterocycles. The second-order valence-electron chi connectivity index (χ2n) is 4.51. The molecule has 1 N–H and O–H groups in total. The predicted molar refractivity (Wildman–Crippen MR) is 78.2 cm³/mol. The van der Waals surface area contributed by atoms with Crippen LogP contribution in [-0.2, 0) is 23.9 Å². The van der Waals surface area contributed by atoms with E-state index in [4.69, 9.17) is 9.84 Å². The molecule has 0 aliphatic rings. The standard InChI is InChI=1S/C9H15IO4.C3H6O2/c1-9(2,3)14-8(12)6(5-10)7(11)13-4;1-2-3(4)5/h6H,5H2,1-4H3;2H2,1H3,(H,4,5)/t6-;/m1./s1. The van der Waals surface area contributed by atoms with E-state index in [1.54, 1.807) is 27.7 Å². The summed E-state index contributed by atoms with van der Waals surface area (Å²) in [6.07, 6.45) is 0.222. The summed E-state index contributed by atoms with van der Waals surface area (Å²) in [5.74, 6) is -2.64. The van der Waals surface area contributed by atoms with Gasteiger partial charge in [-0.25, -0.2) is 0 Å². The number of hydrogen-bond acceptors (Lipinski definition) is 5. The molecule has 0 heterocycles. The summed E-state index contributed by atoms with van der Waals surface area (Å²) < 4.78 is 9.92. The SMILES string of the molecule is CCC(=O)O.COC(=O)[C@@H](CI)C(=O)OC(C)(C)C. The Morgan fingerprint density at radius 3 is 1.84 bits per heavy atom. The molecule has 0 spiro atoms. The van der Waals surface area contributed by atoms with Crippen LogP contribution in [0.1, 0.15) is 34.1 Å². The number of rotatable bonds is 4. The maximum Gasteiger partial charge on any atom is 0.321 e. The van der Waals surface area contributed by atoms with Crippen molar-refractivity contribution in [3.05, 3.63) is 0 Å². The number of ether oxygens (including phenoxy) is 2. The van der Waals surface area contributed by atoms with E-state index < -0.39 is 29.4 Å². The summed E-state index contributed by atoms with van der Waals surface area (Å²) in [5.41, 5.74) is -0.574. The molecule has 0 bridgehead atoms. The van der Waals surface area contributed by atoms with E-state index >= 15 is 0 Å². The fourth-order valence-corrected chi connectivity index (χ4v) is 1.46. The molecule has 0 amide bonds. The first kappa shape index (κ1) is 20.5. The maximum absolute atomic E-state index is 11.5. The number of carboxylic acids is 1. The molecule has 0 fully saturated rings. The molecule has 0 aliphatic carbocycles. The van der Waals surface area contributed by atoms with E-state index in [1.165, 1.54) is 7.11 Å². The van der Waals surface area contributed by atoms with E-state index in [2.05, 4.69) is 4.74 Å². The Morgan fingerprint density at radius 2 is 1.63 bits per heavy atom. The Labute approximate surface area is 127 Å². The number of esters is 2. The Hall–Kier alpha value is -0.860. The number of methoxy groups -OCH3 is 1.